The molecule has 1 aliphatic rings. The van der Waals surface area contributed by atoms with Gasteiger partial charge in [0.25, 0.3) is 5.69 Å². The van der Waals surface area contributed by atoms with E-state index in [1.54, 1.807) is 0 Å². The molecule has 0 aliphatic carbocycles. The SMILES string of the molecule is Cc1c(C)c(C)c2c(c1C)CCC(COc1ccc([N+](=O)[O-])cn1)O2. The Bertz CT molecular complexity index is 815. The van der Waals surface area contributed by atoms with Crippen LogP contribution in [0.1, 0.15) is 34.2 Å². The van der Waals surface area contributed by atoms with E-state index >= 15 is 0 Å². The van der Waals surface area contributed by atoms with E-state index in [0.717, 1.165) is 18.6 Å². The van der Waals surface area contributed by atoms with Crippen LogP contribution in [-0.4, -0.2) is 22.6 Å². The summed E-state index contributed by atoms with van der Waals surface area (Å²) >= 11 is 0. The van der Waals surface area contributed by atoms with Gasteiger partial charge in [0.2, 0.25) is 5.88 Å². The number of benzene rings is 1. The lowest BCUT2D eigenvalue weighted by Gasteiger charge is -2.30. The molecular formula is C19H22N2O4. The predicted molar refractivity (Wildman–Crippen MR) is 94.5 cm³/mol. The molecule has 0 saturated heterocycles. The molecule has 6 heteroatoms. The first kappa shape index (κ1) is 17.2. The van der Waals surface area contributed by atoms with Crippen molar-refractivity contribution in [3.63, 3.8) is 0 Å². The molecule has 0 N–H and O–H groups in total. The maximum Gasteiger partial charge on any atom is 0.287 e. The summed E-state index contributed by atoms with van der Waals surface area (Å²) in [6, 6.07) is 2.90. The molecule has 3 rings (SSSR count). The van der Waals surface area contributed by atoms with Crippen molar-refractivity contribution in [1.82, 2.24) is 4.98 Å². The highest BCUT2D eigenvalue weighted by Gasteiger charge is 2.25. The van der Waals surface area contributed by atoms with Crippen LogP contribution < -0.4 is 9.47 Å². The Morgan fingerprint density at radius 3 is 2.56 bits per heavy atom. The van der Waals surface area contributed by atoms with Crippen LogP contribution in [0.2, 0.25) is 0 Å². The second-order valence-electron chi connectivity index (χ2n) is 6.51. The fraction of sp³-hybridized carbons (Fsp3) is 0.421. The Hall–Kier alpha value is -2.63. The van der Waals surface area contributed by atoms with Gasteiger partial charge in [0.05, 0.1) is 4.92 Å². The van der Waals surface area contributed by atoms with Gasteiger partial charge in [-0.3, -0.25) is 10.1 Å². The third-order valence-electron chi connectivity index (χ3n) is 5.10. The largest absolute Gasteiger partial charge is 0.486 e. The van der Waals surface area contributed by atoms with E-state index in [-0.39, 0.29) is 11.8 Å². The molecule has 1 aromatic carbocycles. The van der Waals surface area contributed by atoms with E-state index in [0.29, 0.717) is 12.5 Å². The minimum atomic E-state index is -0.479. The van der Waals surface area contributed by atoms with Gasteiger partial charge < -0.3 is 9.47 Å². The lowest BCUT2D eigenvalue weighted by atomic mass is 9.89. The first-order valence-electron chi connectivity index (χ1n) is 8.37. The van der Waals surface area contributed by atoms with Crippen LogP contribution >= 0.6 is 0 Å². The van der Waals surface area contributed by atoms with Crippen LogP contribution in [0.3, 0.4) is 0 Å². The Labute approximate surface area is 147 Å². The zero-order chi connectivity index (χ0) is 18.1. The summed E-state index contributed by atoms with van der Waals surface area (Å²) in [6.45, 7) is 8.91. The first-order valence-corrected chi connectivity index (χ1v) is 8.37. The zero-order valence-electron chi connectivity index (χ0n) is 15.0. The molecule has 2 aromatic rings. The average Bonchev–Trinajstić information content (AvgIpc) is 2.63. The van der Waals surface area contributed by atoms with Gasteiger partial charge in [-0.1, -0.05) is 0 Å². The molecule has 0 fully saturated rings. The number of hydrogen-bond acceptors (Lipinski definition) is 5. The molecule has 2 heterocycles. The van der Waals surface area contributed by atoms with Crippen molar-refractivity contribution < 1.29 is 14.4 Å². The highest BCUT2D eigenvalue weighted by atomic mass is 16.6. The van der Waals surface area contributed by atoms with Crippen molar-refractivity contribution in [1.29, 1.82) is 0 Å². The summed E-state index contributed by atoms with van der Waals surface area (Å²) in [5.41, 5.74) is 6.36. The van der Waals surface area contributed by atoms with Crippen LogP contribution in [0.4, 0.5) is 5.69 Å². The molecule has 132 valence electrons. The van der Waals surface area contributed by atoms with Gasteiger partial charge >= 0.3 is 0 Å². The van der Waals surface area contributed by atoms with Crippen molar-refractivity contribution in [2.75, 3.05) is 6.61 Å². The predicted octanol–water partition coefficient (Wildman–Crippen LogP) is 4.00. The average molecular weight is 342 g/mol. The van der Waals surface area contributed by atoms with Crippen molar-refractivity contribution in [3.8, 4) is 11.6 Å². The van der Waals surface area contributed by atoms with E-state index in [1.807, 2.05) is 0 Å². The number of ether oxygens (including phenoxy) is 2. The highest BCUT2D eigenvalue weighted by molar-refractivity contribution is 5.55. The van der Waals surface area contributed by atoms with E-state index < -0.39 is 4.92 Å². The molecule has 0 saturated carbocycles. The summed E-state index contributed by atoms with van der Waals surface area (Å²) in [4.78, 5) is 14.1. The summed E-state index contributed by atoms with van der Waals surface area (Å²) in [6.07, 6.45) is 2.99. The van der Waals surface area contributed by atoms with Crippen molar-refractivity contribution >= 4 is 5.69 Å². The minimum absolute atomic E-state index is 0.0489. The normalized spacial score (nSPS) is 16.1. The topological polar surface area (TPSA) is 74.5 Å². The van der Waals surface area contributed by atoms with E-state index in [1.165, 1.54) is 46.1 Å². The standard InChI is InChI=1S/C19H22N2O4/c1-11-12(2)14(4)19-17(13(11)3)7-6-16(25-19)10-24-18-8-5-15(9-20-18)21(22)23/h5,8-9,16H,6-7,10H2,1-4H3. The monoisotopic (exact) mass is 342 g/mol. The Balaban J connectivity index is 1.70. The molecule has 0 amide bonds. The smallest absolute Gasteiger partial charge is 0.287 e. The fourth-order valence-corrected chi connectivity index (χ4v) is 3.21. The second kappa shape index (κ2) is 6.70. The van der Waals surface area contributed by atoms with Crippen LogP contribution in [-0.2, 0) is 6.42 Å². The number of aromatic nitrogens is 1. The Kier molecular flexibility index (Phi) is 4.61. The molecule has 1 atom stereocenters. The van der Waals surface area contributed by atoms with Gasteiger partial charge in [0.1, 0.15) is 24.7 Å². The number of hydrogen-bond donors (Lipinski definition) is 0. The minimum Gasteiger partial charge on any atom is -0.486 e. The number of rotatable bonds is 4. The van der Waals surface area contributed by atoms with Crippen LogP contribution in [0.15, 0.2) is 18.3 Å². The molecule has 1 aliphatic heterocycles. The maximum absolute atomic E-state index is 10.6. The van der Waals surface area contributed by atoms with E-state index in [2.05, 4.69) is 32.7 Å². The molecule has 0 radical (unpaired) electrons. The van der Waals surface area contributed by atoms with Gasteiger partial charge in [-0.2, -0.15) is 0 Å². The number of fused-ring (bicyclic) bond motifs is 1. The molecule has 1 unspecified atom stereocenters. The van der Waals surface area contributed by atoms with Gasteiger partial charge in [-0.15, -0.1) is 0 Å². The summed E-state index contributed by atoms with van der Waals surface area (Å²) in [5.74, 6) is 1.35. The third kappa shape index (κ3) is 3.29. The van der Waals surface area contributed by atoms with Crippen LogP contribution in [0, 0.1) is 37.8 Å². The highest BCUT2D eigenvalue weighted by Crippen LogP contribution is 2.37. The first-order chi connectivity index (χ1) is 11.9. The van der Waals surface area contributed by atoms with Gasteiger partial charge in [-0.25, -0.2) is 4.98 Å². The molecule has 0 bridgehead atoms. The number of nitro groups is 1. The Morgan fingerprint density at radius 1 is 1.20 bits per heavy atom. The number of pyridine rings is 1. The third-order valence-corrected chi connectivity index (χ3v) is 5.10. The number of nitrogens with zero attached hydrogens (tertiary/aromatic N) is 2. The van der Waals surface area contributed by atoms with Gasteiger partial charge in [0.15, 0.2) is 0 Å². The summed E-state index contributed by atoms with van der Waals surface area (Å²) in [7, 11) is 0. The van der Waals surface area contributed by atoms with Crippen molar-refractivity contribution in [3.05, 3.63) is 56.3 Å². The summed E-state index contributed by atoms with van der Waals surface area (Å²) < 4.78 is 11.9. The molecule has 6 nitrogen and oxygen atoms in total. The fourth-order valence-electron chi connectivity index (χ4n) is 3.21. The molecule has 0 spiro atoms. The van der Waals surface area contributed by atoms with Crippen molar-refractivity contribution in [2.45, 2.75) is 46.6 Å². The summed E-state index contributed by atoms with van der Waals surface area (Å²) in [5, 5.41) is 10.6. The zero-order valence-corrected chi connectivity index (χ0v) is 15.0. The van der Waals surface area contributed by atoms with E-state index in [4.69, 9.17) is 9.47 Å². The maximum atomic E-state index is 10.6. The molecule has 1 aromatic heterocycles. The lowest BCUT2D eigenvalue weighted by Crippen LogP contribution is -2.30. The van der Waals surface area contributed by atoms with Crippen LogP contribution in [0.5, 0.6) is 11.6 Å². The van der Waals surface area contributed by atoms with Gasteiger partial charge in [0, 0.05) is 12.1 Å². The van der Waals surface area contributed by atoms with Crippen LogP contribution in [0.25, 0.3) is 0 Å². The van der Waals surface area contributed by atoms with Gasteiger partial charge in [-0.05, 0) is 68.4 Å². The molecular weight excluding hydrogens is 320 g/mol. The van der Waals surface area contributed by atoms with Crippen molar-refractivity contribution in [2.24, 2.45) is 0 Å². The quantitative estimate of drug-likeness (QED) is 0.620. The molecule has 25 heavy (non-hydrogen) atoms. The second-order valence-corrected chi connectivity index (χ2v) is 6.51. The lowest BCUT2D eigenvalue weighted by molar-refractivity contribution is -0.385. The Morgan fingerprint density at radius 2 is 1.92 bits per heavy atom. The van der Waals surface area contributed by atoms with E-state index in [9.17, 15) is 10.1 Å².